The highest BCUT2D eigenvalue weighted by molar-refractivity contribution is 8.01. The van der Waals surface area contributed by atoms with Crippen molar-refractivity contribution in [3.05, 3.63) is 0 Å². The van der Waals surface area contributed by atoms with Gasteiger partial charge < -0.3 is 10.1 Å². The fourth-order valence-corrected chi connectivity index (χ4v) is 6.05. The Kier molecular flexibility index (Phi) is 6.16. The Balaban J connectivity index is 1.99. The first-order chi connectivity index (χ1) is 9.54. The minimum atomic E-state index is -3.00. The van der Waals surface area contributed by atoms with E-state index in [0.717, 1.165) is 38.5 Å². The number of hydrogen-bond donors (Lipinski definition) is 1. The number of morpholine rings is 1. The van der Waals surface area contributed by atoms with Crippen molar-refractivity contribution in [2.75, 3.05) is 43.6 Å². The highest BCUT2D eigenvalue weighted by Gasteiger charge is 2.36. The number of hydrogen-bond acceptors (Lipinski definition) is 6. The van der Waals surface area contributed by atoms with E-state index in [4.69, 9.17) is 4.74 Å². The molecule has 20 heavy (non-hydrogen) atoms. The molecule has 7 heteroatoms. The molecule has 0 amide bonds. The molecule has 3 unspecified atom stereocenters. The fraction of sp³-hybridized carbons (Fsp3) is 1.00. The van der Waals surface area contributed by atoms with Crippen molar-refractivity contribution in [1.82, 2.24) is 10.2 Å². The minimum absolute atomic E-state index is 0.228. The van der Waals surface area contributed by atoms with Gasteiger partial charge >= 0.3 is 0 Å². The van der Waals surface area contributed by atoms with Crippen LogP contribution in [0.3, 0.4) is 0 Å². The van der Waals surface area contributed by atoms with Crippen molar-refractivity contribution in [3.63, 3.8) is 0 Å². The maximum Gasteiger partial charge on any atom is 0.166 e. The number of nitrogens with one attached hydrogen (secondary N) is 1. The van der Waals surface area contributed by atoms with Crippen LogP contribution in [0.2, 0.25) is 0 Å². The summed E-state index contributed by atoms with van der Waals surface area (Å²) in [6, 6.07) is 0.611. The molecule has 3 atom stereocenters. The minimum Gasteiger partial charge on any atom is -0.379 e. The van der Waals surface area contributed by atoms with Crippen molar-refractivity contribution >= 4 is 21.6 Å². The molecule has 2 aliphatic rings. The molecule has 0 spiro atoms. The molecule has 0 aromatic rings. The second kappa shape index (κ2) is 7.45. The Bertz CT molecular complexity index is 396. The van der Waals surface area contributed by atoms with Crippen LogP contribution in [0.25, 0.3) is 0 Å². The summed E-state index contributed by atoms with van der Waals surface area (Å²) in [4.78, 5) is 2.19. The molecule has 5 nitrogen and oxygen atoms in total. The lowest BCUT2D eigenvalue weighted by Gasteiger charge is -2.40. The van der Waals surface area contributed by atoms with Crippen molar-refractivity contribution in [1.29, 1.82) is 0 Å². The van der Waals surface area contributed by atoms with E-state index in [1.807, 2.05) is 0 Å². The van der Waals surface area contributed by atoms with Gasteiger partial charge in [0.2, 0.25) is 0 Å². The normalized spacial score (nSPS) is 31.1. The second-order valence-corrected chi connectivity index (χ2v) is 9.13. The Morgan fingerprint density at radius 1 is 1.50 bits per heavy atom. The average molecular weight is 322 g/mol. The zero-order valence-electron chi connectivity index (χ0n) is 12.4. The van der Waals surface area contributed by atoms with Gasteiger partial charge in [0, 0.05) is 42.4 Å². The van der Waals surface area contributed by atoms with Gasteiger partial charge in [-0.1, -0.05) is 6.92 Å². The Labute approximate surface area is 126 Å². The third kappa shape index (κ3) is 4.10. The summed E-state index contributed by atoms with van der Waals surface area (Å²) in [6.07, 6.45) is 0.945. The van der Waals surface area contributed by atoms with Crippen LogP contribution in [0.1, 0.15) is 20.3 Å². The smallest absolute Gasteiger partial charge is 0.166 e. The zero-order chi connectivity index (χ0) is 14.6. The molecule has 2 fully saturated rings. The molecular formula is C13H26N2O3S2. The van der Waals surface area contributed by atoms with Gasteiger partial charge in [-0.25, -0.2) is 8.42 Å². The van der Waals surface area contributed by atoms with Crippen LogP contribution in [-0.2, 0) is 14.6 Å². The first kappa shape index (κ1) is 16.5. The predicted molar refractivity (Wildman–Crippen MR) is 84.0 cm³/mol. The maximum absolute atomic E-state index is 12.3. The third-order valence-corrected chi connectivity index (χ3v) is 7.44. The molecule has 0 aromatic carbocycles. The molecule has 0 bridgehead atoms. The van der Waals surface area contributed by atoms with E-state index in [-0.39, 0.29) is 17.2 Å². The Morgan fingerprint density at radius 3 is 2.95 bits per heavy atom. The first-order valence-corrected chi connectivity index (χ1v) is 10.3. The predicted octanol–water partition coefficient (Wildman–Crippen LogP) is 0.563. The largest absolute Gasteiger partial charge is 0.379 e. The molecule has 0 saturated carbocycles. The average Bonchev–Trinajstić information content (AvgIpc) is 2.48. The van der Waals surface area contributed by atoms with Gasteiger partial charge in [-0.2, -0.15) is 11.8 Å². The molecule has 2 heterocycles. The highest BCUT2D eigenvalue weighted by Crippen LogP contribution is 2.25. The van der Waals surface area contributed by atoms with E-state index in [1.165, 1.54) is 0 Å². The Hall–Kier alpha value is 0.180. The van der Waals surface area contributed by atoms with E-state index in [2.05, 4.69) is 17.1 Å². The monoisotopic (exact) mass is 322 g/mol. The van der Waals surface area contributed by atoms with Crippen LogP contribution in [0.4, 0.5) is 0 Å². The number of thioether (sulfide) groups is 1. The van der Waals surface area contributed by atoms with Crippen molar-refractivity contribution in [2.45, 2.75) is 37.7 Å². The number of ether oxygens (including phenoxy) is 1. The van der Waals surface area contributed by atoms with Gasteiger partial charge in [-0.15, -0.1) is 0 Å². The molecule has 0 aromatic heterocycles. The molecule has 2 saturated heterocycles. The van der Waals surface area contributed by atoms with E-state index < -0.39 is 9.84 Å². The van der Waals surface area contributed by atoms with Gasteiger partial charge in [0.1, 0.15) is 5.37 Å². The SMILES string of the molecule is CCS(=O)(=O)C1CSCCN1C(C)CC1COCCN1. The van der Waals surface area contributed by atoms with Crippen LogP contribution in [-0.4, -0.2) is 74.3 Å². The molecule has 2 aliphatic heterocycles. The molecule has 1 N–H and O–H groups in total. The topological polar surface area (TPSA) is 58.6 Å². The summed E-state index contributed by atoms with van der Waals surface area (Å²) < 4.78 is 30.0. The molecule has 0 aliphatic carbocycles. The maximum atomic E-state index is 12.3. The zero-order valence-corrected chi connectivity index (χ0v) is 14.0. The van der Waals surface area contributed by atoms with Gasteiger partial charge in [0.15, 0.2) is 9.84 Å². The van der Waals surface area contributed by atoms with Crippen LogP contribution in [0.5, 0.6) is 0 Å². The van der Waals surface area contributed by atoms with Crippen LogP contribution >= 0.6 is 11.8 Å². The first-order valence-electron chi connectivity index (χ1n) is 7.40. The third-order valence-electron chi connectivity index (χ3n) is 4.13. The fourth-order valence-electron chi connectivity index (χ4n) is 2.92. The standard InChI is InChI=1S/C13H26N2O3S2/c1-3-20(16,17)13-10-19-7-5-15(13)11(2)8-12-9-18-6-4-14-12/h11-14H,3-10H2,1-2H3. The lowest BCUT2D eigenvalue weighted by atomic mass is 10.1. The molecule has 2 rings (SSSR count). The summed E-state index contributed by atoms with van der Waals surface area (Å²) in [5.41, 5.74) is 0. The van der Waals surface area contributed by atoms with E-state index in [0.29, 0.717) is 11.8 Å². The summed E-state index contributed by atoms with van der Waals surface area (Å²) in [5, 5.41) is 3.14. The molecular weight excluding hydrogens is 296 g/mol. The van der Waals surface area contributed by atoms with Crippen LogP contribution in [0, 0.1) is 0 Å². The second-order valence-electron chi connectivity index (χ2n) is 5.53. The van der Waals surface area contributed by atoms with Crippen molar-refractivity contribution in [3.8, 4) is 0 Å². The summed E-state index contributed by atoms with van der Waals surface area (Å²) in [6.45, 7) is 7.15. The lowest BCUT2D eigenvalue weighted by molar-refractivity contribution is 0.0613. The summed E-state index contributed by atoms with van der Waals surface area (Å²) >= 11 is 1.75. The number of rotatable bonds is 5. The summed E-state index contributed by atoms with van der Waals surface area (Å²) in [5.74, 6) is 1.95. The van der Waals surface area contributed by atoms with E-state index >= 15 is 0 Å². The van der Waals surface area contributed by atoms with Crippen molar-refractivity contribution in [2.24, 2.45) is 0 Å². The quantitative estimate of drug-likeness (QED) is 0.798. The summed E-state index contributed by atoms with van der Waals surface area (Å²) in [7, 11) is -3.00. The van der Waals surface area contributed by atoms with Crippen molar-refractivity contribution < 1.29 is 13.2 Å². The van der Waals surface area contributed by atoms with Gasteiger partial charge in [-0.3, -0.25) is 4.90 Å². The van der Waals surface area contributed by atoms with Gasteiger partial charge in [0.05, 0.1) is 13.2 Å². The molecule has 0 radical (unpaired) electrons. The number of sulfone groups is 1. The molecule has 118 valence electrons. The van der Waals surface area contributed by atoms with Crippen LogP contribution in [0.15, 0.2) is 0 Å². The Morgan fingerprint density at radius 2 is 2.30 bits per heavy atom. The van der Waals surface area contributed by atoms with E-state index in [9.17, 15) is 8.42 Å². The number of nitrogens with zero attached hydrogens (tertiary/aromatic N) is 1. The van der Waals surface area contributed by atoms with Gasteiger partial charge in [-0.05, 0) is 13.3 Å². The van der Waals surface area contributed by atoms with E-state index in [1.54, 1.807) is 18.7 Å². The van der Waals surface area contributed by atoms with Gasteiger partial charge in [0.25, 0.3) is 0 Å². The van der Waals surface area contributed by atoms with Crippen LogP contribution < -0.4 is 5.32 Å². The lowest BCUT2D eigenvalue weighted by Crippen LogP contribution is -2.54. The highest BCUT2D eigenvalue weighted by atomic mass is 32.2.